The molecule has 1 aliphatic heterocycles. The Bertz CT molecular complexity index is 1160. The van der Waals surface area contributed by atoms with Crippen molar-refractivity contribution in [3.05, 3.63) is 52.7 Å². The smallest absolute Gasteiger partial charge is 0.305 e. The number of halogens is 3. The normalized spacial score (nSPS) is 20.0. The number of para-hydroxylation sites is 1. The predicted octanol–water partition coefficient (Wildman–Crippen LogP) is 6.40. The van der Waals surface area contributed by atoms with Gasteiger partial charge in [-0.1, -0.05) is 43.6 Å². The second kappa shape index (κ2) is 7.27. The van der Waals surface area contributed by atoms with Crippen molar-refractivity contribution in [2.45, 2.75) is 51.7 Å². The first-order valence-electron chi connectivity index (χ1n) is 9.91. The van der Waals surface area contributed by atoms with Crippen molar-refractivity contribution in [2.24, 2.45) is 0 Å². The highest BCUT2D eigenvalue weighted by atomic mass is 35.5. The van der Waals surface area contributed by atoms with Crippen LogP contribution in [0, 0.1) is 11.6 Å². The minimum atomic E-state index is -0.690. The van der Waals surface area contributed by atoms with Crippen molar-refractivity contribution in [3.8, 4) is 11.1 Å². The Morgan fingerprint density at radius 1 is 1.30 bits per heavy atom. The number of rotatable bonds is 3. The third-order valence-corrected chi connectivity index (χ3v) is 6.13. The summed E-state index contributed by atoms with van der Waals surface area (Å²) in [5.41, 5.74) is 0.792. The molecule has 0 fully saturated rings. The summed E-state index contributed by atoms with van der Waals surface area (Å²) in [6.45, 7) is 7.21. The maximum Gasteiger partial charge on any atom is 0.305 e. The van der Waals surface area contributed by atoms with Gasteiger partial charge in [0.1, 0.15) is 17.7 Å². The highest BCUT2D eigenvalue weighted by Crippen LogP contribution is 2.46. The Morgan fingerprint density at radius 2 is 2.03 bits per heavy atom. The van der Waals surface area contributed by atoms with Gasteiger partial charge in [0.15, 0.2) is 0 Å². The standard InChI is InChI=1S/C23H23ClF2N2O2/c1-5-17(29)30-22-11(2)18-16(28-23(22,3)4)9-15(25)19(20(18)26)13-8-6-7-12-14(24)10-27-21(12)13/h6-11,22,27-28H,5H2,1-4H3/t11-,22?/m0/s1. The number of esters is 1. The van der Waals surface area contributed by atoms with Gasteiger partial charge < -0.3 is 15.0 Å². The molecule has 4 nitrogen and oxygen atoms in total. The highest BCUT2D eigenvalue weighted by molar-refractivity contribution is 6.36. The number of aromatic nitrogens is 1. The molecule has 1 aliphatic rings. The minimum Gasteiger partial charge on any atom is -0.459 e. The fourth-order valence-corrected chi connectivity index (χ4v) is 4.64. The van der Waals surface area contributed by atoms with Gasteiger partial charge in [-0.05, 0) is 19.9 Å². The number of aromatic amines is 1. The number of hydrogen-bond donors (Lipinski definition) is 2. The third kappa shape index (κ3) is 3.14. The molecule has 30 heavy (non-hydrogen) atoms. The Kier molecular flexibility index (Phi) is 5.01. The number of benzene rings is 2. The van der Waals surface area contributed by atoms with E-state index in [4.69, 9.17) is 16.3 Å². The second-order valence-electron chi connectivity index (χ2n) is 8.27. The largest absolute Gasteiger partial charge is 0.459 e. The number of nitrogens with one attached hydrogen (secondary N) is 2. The first-order valence-corrected chi connectivity index (χ1v) is 10.3. The molecule has 1 unspecified atom stereocenters. The van der Waals surface area contributed by atoms with Crippen LogP contribution < -0.4 is 5.32 Å². The molecule has 0 saturated heterocycles. The van der Waals surface area contributed by atoms with E-state index < -0.39 is 29.2 Å². The van der Waals surface area contributed by atoms with Crippen molar-refractivity contribution < 1.29 is 18.3 Å². The molecule has 0 aliphatic carbocycles. The first kappa shape index (κ1) is 20.7. The average molecular weight is 433 g/mol. The van der Waals surface area contributed by atoms with E-state index in [1.165, 1.54) is 6.07 Å². The van der Waals surface area contributed by atoms with Crippen LogP contribution in [0.1, 0.15) is 45.6 Å². The van der Waals surface area contributed by atoms with E-state index in [0.29, 0.717) is 32.7 Å². The van der Waals surface area contributed by atoms with E-state index in [9.17, 15) is 4.79 Å². The summed E-state index contributed by atoms with van der Waals surface area (Å²) in [5.74, 6) is -2.18. The van der Waals surface area contributed by atoms with Crippen molar-refractivity contribution >= 4 is 34.2 Å². The number of carbonyl (C=O) groups is 1. The Balaban J connectivity index is 1.91. The van der Waals surface area contributed by atoms with Crippen LogP contribution in [-0.2, 0) is 9.53 Å². The van der Waals surface area contributed by atoms with Crippen LogP contribution in [0.2, 0.25) is 5.02 Å². The van der Waals surface area contributed by atoms with Crippen LogP contribution in [-0.4, -0.2) is 22.6 Å². The SMILES string of the molecule is CCC(=O)OC1[C@@H](C)c2c(cc(F)c(-c3cccc4c(Cl)c[nH]c34)c2F)NC1(C)C. The summed E-state index contributed by atoms with van der Waals surface area (Å²) in [4.78, 5) is 15.0. The second-order valence-corrected chi connectivity index (χ2v) is 8.68. The zero-order valence-corrected chi connectivity index (χ0v) is 18.0. The number of fused-ring (bicyclic) bond motifs is 2. The molecule has 2 heterocycles. The zero-order valence-electron chi connectivity index (χ0n) is 17.2. The zero-order chi connectivity index (χ0) is 21.8. The van der Waals surface area contributed by atoms with Crippen LogP contribution in [0.5, 0.6) is 0 Å². The number of H-pyrrole nitrogens is 1. The van der Waals surface area contributed by atoms with E-state index in [1.54, 1.807) is 38.2 Å². The van der Waals surface area contributed by atoms with Crippen LogP contribution >= 0.6 is 11.6 Å². The molecule has 0 bridgehead atoms. The van der Waals surface area contributed by atoms with E-state index >= 15 is 8.78 Å². The maximum atomic E-state index is 15.9. The molecule has 2 aromatic carbocycles. The molecule has 0 radical (unpaired) electrons. The fourth-order valence-electron chi connectivity index (χ4n) is 4.43. The molecule has 158 valence electrons. The van der Waals surface area contributed by atoms with Gasteiger partial charge in [-0.15, -0.1) is 0 Å². The van der Waals surface area contributed by atoms with Crippen molar-refractivity contribution in [3.63, 3.8) is 0 Å². The number of anilines is 1. The van der Waals surface area contributed by atoms with Crippen molar-refractivity contribution in [1.29, 1.82) is 0 Å². The monoisotopic (exact) mass is 432 g/mol. The van der Waals surface area contributed by atoms with Crippen LogP contribution in [0.4, 0.5) is 14.5 Å². The van der Waals surface area contributed by atoms with Gasteiger partial charge in [-0.3, -0.25) is 4.79 Å². The number of hydrogen-bond acceptors (Lipinski definition) is 3. The number of carbonyl (C=O) groups excluding carboxylic acids is 1. The van der Waals surface area contributed by atoms with Crippen LogP contribution in [0.25, 0.3) is 22.0 Å². The van der Waals surface area contributed by atoms with Gasteiger partial charge >= 0.3 is 5.97 Å². The molecule has 0 spiro atoms. The van der Waals surface area contributed by atoms with E-state index in [0.717, 1.165) is 0 Å². The molecule has 2 N–H and O–H groups in total. The average Bonchev–Trinajstić information content (AvgIpc) is 3.06. The summed E-state index contributed by atoms with van der Waals surface area (Å²) in [6.07, 6.45) is 1.21. The quantitative estimate of drug-likeness (QED) is 0.471. The molecule has 4 rings (SSSR count). The Labute approximate surface area is 178 Å². The lowest BCUT2D eigenvalue weighted by Crippen LogP contribution is -2.52. The predicted molar refractivity (Wildman–Crippen MR) is 115 cm³/mol. The van der Waals surface area contributed by atoms with Crippen LogP contribution in [0.15, 0.2) is 30.5 Å². The lowest BCUT2D eigenvalue weighted by Gasteiger charge is -2.44. The molecule has 3 aromatic rings. The molecular weight excluding hydrogens is 410 g/mol. The molecule has 0 saturated carbocycles. The Morgan fingerprint density at radius 3 is 2.73 bits per heavy atom. The van der Waals surface area contributed by atoms with Gasteiger partial charge in [0.25, 0.3) is 0 Å². The van der Waals surface area contributed by atoms with Crippen molar-refractivity contribution in [2.75, 3.05) is 5.32 Å². The lowest BCUT2D eigenvalue weighted by molar-refractivity contribution is -0.152. The highest BCUT2D eigenvalue weighted by Gasteiger charge is 2.44. The number of ether oxygens (including phenoxy) is 1. The fraction of sp³-hybridized carbons (Fsp3) is 0.348. The molecule has 1 aromatic heterocycles. The maximum absolute atomic E-state index is 15.9. The van der Waals surface area contributed by atoms with Gasteiger partial charge in [0.05, 0.1) is 21.6 Å². The van der Waals surface area contributed by atoms with Gasteiger partial charge in [-0.25, -0.2) is 8.78 Å². The summed E-state index contributed by atoms with van der Waals surface area (Å²) in [7, 11) is 0. The van der Waals surface area contributed by atoms with Crippen LogP contribution in [0.3, 0.4) is 0 Å². The molecular formula is C23H23ClF2N2O2. The van der Waals surface area contributed by atoms with Gasteiger partial charge in [0.2, 0.25) is 0 Å². The summed E-state index contributed by atoms with van der Waals surface area (Å²) < 4.78 is 36.7. The minimum absolute atomic E-state index is 0.133. The summed E-state index contributed by atoms with van der Waals surface area (Å²) in [6, 6.07) is 6.47. The topological polar surface area (TPSA) is 54.1 Å². The molecule has 0 amide bonds. The van der Waals surface area contributed by atoms with Gasteiger partial charge in [0, 0.05) is 40.7 Å². The lowest BCUT2D eigenvalue weighted by atomic mass is 9.77. The van der Waals surface area contributed by atoms with E-state index in [2.05, 4.69) is 10.3 Å². The van der Waals surface area contributed by atoms with E-state index in [-0.39, 0.29) is 18.0 Å². The third-order valence-electron chi connectivity index (χ3n) is 5.82. The van der Waals surface area contributed by atoms with Crippen molar-refractivity contribution in [1.82, 2.24) is 4.98 Å². The molecule has 2 atom stereocenters. The Hall–Kier alpha value is -2.60. The summed E-state index contributed by atoms with van der Waals surface area (Å²) >= 11 is 6.19. The van der Waals surface area contributed by atoms with E-state index in [1.807, 2.05) is 13.8 Å². The summed E-state index contributed by atoms with van der Waals surface area (Å²) in [5, 5.41) is 4.33. The first-order chi connectivity index (χ1) is 14.2. The van der Waals surface area contributed by atoms with Gasteiger partial charge in [-0.2, -0.15) is 0 Å². The molecule has 7 heteroatoms.